The number of carbonyl (C=O) groups excluding carboxylic acids is 1. The summed E-state index contributed by atoms with van der Waals surface area (Å²) in [7, 11) is 0. The lowest BCUT2D eigenvalue weighted by molar-refractivity contribution is 0.0783. The largest absolute Gasteiger partial charge is 0.399 e. The summed E-state index contributed by atoms with van der Waals surface area (Å²) in [6, 6.07) is 5.13. The minimum Gasteiger partial charge on any atom is -0.399 e. The first-order valence-electron chi connectivity index (χ1n) is 4.30. The predicted octanol–water partition coefficient (Wildman–Crippen LogP) is 2.25. The topological polar surface area (TPSA) is 52.3 Å². The molecule has 0 atom stereocenters. The van der Waals surface area contributed by atoms with Crippen molar-refractivity contribution in [1.82, 2.24) is 0 Å². The number of hydrogen-bond acceptors (Lipinski definition) is 3. The molecule has 0 unspecified atom stereocenters. The minimum atomic E-state index is -0.0557. The molecular formula is C10H12BrNO2. The van der Waals surface area contributed by atoms with Gasteiger partial charge in [-0.3, -0.25) is 4.79 Å². The van der Waals surface area contributed by atoms with E-state index >= 15 is 0 Å². The molecule has 0 spiro atoms. The van der Waals surface area contributed by atoms with Crippen LogP contribution in [0.25, 0.3) is 0 Å². The van der Waals surface area contributed by atoms with E-state index in [2.05, 4.69) is 15.9 Å². The number of Topliss-reactive ketones (excluding diaryl/α,β-unsaturated/α-hetero) is 1. The Hall–Kier alpha value is -0.870. The van der Waals surface area contributed by atoms with E-state index in [0.29, 0.717) is 17.9 Å². The third-order valence-corrected chi connectivity index (χ3v) is 2.14. The number of ether oxygens (including phenoxy) is 1. The molecule has 14 heavy (non-hydrogen) atoms. The van der Waals surface area contributed by atoms with Gasteiger partial charge in [0.05, 0.1) is 0 Å². The fourth-order valence-corrected chi connectivity index (χ4v) is 1.56. The number of ketones is 1. The Labute approximate surface area is 91.4 Å². The Morgan fingerprint density at radius 1 is 1.50 bits per heavy atom. The Balaban J connectivity index is 2.79. The van der Waals surface area contributed by atoms with Crippen molar-refractivity contribution in [2.45, 2.75) is 6.92 Å². The molecule has 0 amide bonds. The second-order valence-electron chi connectivity index (χ2n) is 2.83. The van der Waals surface area contributed by atoms with Crippen molar-refractivity contribution in [2.24, 2.45) is 0 Å². The van der Waals surface area contributed by atoms with Crippen LogP contribution in [0.2, 0.25) is 0 Å². The maximum atomic E-state index is 11.5. The molecule has 0 saturated carbocycles. The molecule has 76 valence electrons. The lowest BCUT2D eigenvalue weighted by atomic mass is 10.1. The van der Waals surface area contributed by atoms with Crippen LogP contribution in [-0.4, -0.2) is 19.0 Å². The number of benzene rings is 1. The van der Waals surface area contributed by atoms with Gasteiger partial charge in [-0.05, 0) is 25.1 Å². The fourth-order valence-electron chi connectivity index (χ4n) is 1.05. The molecule has 0 bridgehead atoms. The zero-order valence-electron chi connectivity index (χ0n) is 7.92. The molecule has 0 aliphatic heterocycles. The van der Waals surface area contributed by atoms with Gasteiger partial charge in [0.2, 0.25) is 0 Å². The molecule has 1 aromatic carbocycles. The molecule has 0 aliphatic rings. The second kappa shape index (κ2) is 5.12. The highest BCUT2D eigenvalue weighted by Crippen LogP contribution is 2.17. The van der Waals surface area contributed by atoms with E-state index in [1.165, 1.54) is 0 Å². The third kappa shape index (κ3) is 3.12. The summed E-state index contributed by atoms with van der Waals surface area (Å²) in [6.45, 7) is 2.49. The molecule has 0 saturated heterocycles. The Bertz CT molecular complexity index is 319. The SMILES string of the molecule is CCOCC(=O)c1cc(N)cc(Br)c1. The van der Waals surface area contributed by atoms with E-state index in [1.807, 2.05) is 6.92 Å². The van der Waals surface area contributed by atoms with Crippen LogP contribution in [0, 0.1) is 0 Å². The van der Waals surface area contributed by atoms with Crippen molar-refractivity contribution in [3.8, 4) is 0 Å². The van der Waals surface area contributed by atoms with E-state index in [0.717, 1.165) is 4.47 Å². The van der Waals surface area contributed by atoms with Crippen LogP contribution < -0.4 is 5.73 Å². The summed E-state index contributed by atoms with van der Waals surface area (Å²) in [4.78, 5) is 11.5. The molecule has 0 fully saturated rings. The molecule has 4 heteroatoms. The van der Waals surface area contributed by atoms with Crippen LogP contribution in [0.5, 0.6) is 0 Å². The highest BCUT2D eigenvalue weighted by molar-refractivity contribution is 9.10. The zero-order chi connectivity index (χ0) is 10.6. The first-order valence-corrected chi connectivity index (χ1v) is 5.09. The molecule has 1 rings (SSSR count). The lowest BCUT2D eigenvalue weighted by Crippen LogP contribution is -2.09. The van der Waals surface area contributed by atoms with Gasteiger partial charge in [0.25, 0.3) is 0 Å². The molecule has 0 aromatic heterocycles. The average Bonchev–Trinajstić information content (AvgIpc) is 2.12. The first-order chi connectivity index (χ1) is 6.63. The van der Waals surface area contributed by atoms with E-state index in [9.17, 15) is 4.79 Å². The van der Waals surface area contributed by atoms with E-state index < -0.39 is 0 Å². The summed E-state index contributed by atoms with van der Waals surface area (Å²) in [5.41, 5.74) is 6.75. The number of anilines is 1. The van der Waals surface area contributed by atoms with Crippen molar-refractivity contribution >= 4 is 27.4 Å². The van der Waals surface area contributed by atoms with Gasteiger partial charge in [0.15, 0.2) is 5.78 Å². The zero-order valence-corrected chi connectivity index (χ0v) is 9.50. The number of nitrogens with two attached hydrogens (primary N) is 1. The van der Waals surface area contributed by atoms with Crippen LogP contribution >= 0.6 is 15.9 Å². The smallest absolute Gasteiger partial charge is 0.188 e. The van der Waals surface area contributed by atoms with Crippen LogP contribution in [0.3, 0.4) is 0 Å². The third-order valence-electron chi connectivity index (χ3n) is 1.68. The monoisotopic (exact) mass is 257 g/mol. The van der Waals surface area contributed by atoms with Gasteiger partial charge in [-0.25, -0.2) is 0 Å². The number of hydrogen-bond donors (Lipinski definition) is 1. The van der Waals surface area contributed by atoms with Crippen molar-refractivity contribution in [1.29, 1.82) is 0 Å². The van der Waals surface area contributed by atoms with E-state index in [1.54, 1.807) is 18.2 Å². The lowest BCUT2D eigenvalue weighted by Gasteiger charge is -2.03. The van der Waals surface area contributed by atoms with Crippen LogP contribution in [0.4, 0.5) is 5.69 Å². The first kappa shape index (κ1) is 11.2. The van der Waals surface area contributed by atoms with Crippen molar-refractivity contribution < 1.29 is 9.53 Å². The predicted molar refractivity (Wildman–Crippen MR) is 59.4 cm³/mol. The number of rotatable bonds is 4. The van der Waals surface area contributed by atoms with Crippen LogP contribution in [0.1, 0.15) is 17.3 Å². The summed E-state index contributed by atoms with van der Waals surface area (Å²) in [5, 5.41) is 0. The van der Waals surface area contributed by atoms with Gasteiger partial charge in [-0.15, -0.1) is 0 Å². The molecule has 0 aliphatic carbocycles. The maximum Gasteiger partial charge on any atom is 0.188 e. The molecular weight excluding hydrogens is 246 g/mol. The Morgan fingerprint density at radius 3 is 2.79 bits per heavy atom. The normalized spacial score (nSPS) is 10.1. The Morgan fingerprint density at radius 2 is 2.21 bits per heavy atom. The van der Waals surface area contributed by atoms with E-state index in [-0.39, 0.29) is 12.4 Å². The van der Waals surface area contributed by atoms with Crippen LogP contribution in [-0.2, 0) is 4.74 Å². The quantitative estimate of drug-likeness (QED) is 0.665. The van der Waals surface area contributed by atoms with Gasteiger partial charge < -0.3 is 10.5 Å². The highest BCUT2D eigenvalue weighted by atomic mass is 79.9. The minimum absolute atomic E-state index is 0.0557. The van der Waals surface area contributed by atoms with Crippen molar-refractivity contribution in [2.75, 3.05) is 18.9 Å². The van der Waals surface area contributed by atoms with Gasteiger partial charge >= 0.3 is 0 Å². The van der Waals surface area contributed by atoms with Crippen molar-refractivity contribution in [3.63, 3.8) is 0 Å². The fraction of sp³-hybridized carbons (Fsp3) is 0.300. The molecule has 1 aromatic rings. The maximum absolute atomic E-state index is 11.5. The van der Waals surface area contributed by atoms with Gasteiger partial charge in [0.1, 0.15) is 6.61 Å². The summed E-state index contributed by atoms with van der Waals surface area (Å²) in [6.07, 6.45) is 0. The van der Waals surface area contributed by atoms with Gasteiger partial charge in [-0.2, -0.15) is 0 Å². The van der Waals surface area contributed by atoms with E-state index in [4.69, 9.17) is 10.5 Å². The summed E-state index contributed by atoms with van der Waals surface area (Å²) >= 11 is 3.28. The summed E-state index contributed by atoms with van der Waals surface area (Å²) in [5.74, 6) is -0.0557. The highest BCUT2D eigenvalue weighted by Gasteiger charge is 2.06. The standard InChI is InChI=1S/C10H12BrNO2/c1-2-14-6-10(13)7-3-8(11)5-9(12)4-7/h3-5H,2,6,12H2,1H3. The summed E-state index contributed by atoms with van der Waals surface area (Å²) < 4.78 is 5.83. The molecule has 3 nitrogen and oxygen atoms in total. The average molecular weight is 258 g/mol. The van der Waals surface area contributed by atoms with Gasteiger partial charge in [0, 0.05) is 22.3 Å². The Kier molecular flexibility index (Phi) is 4.10. The van der Waals surface area contributed by atoms with Gasteiger partial charge in [-0.1, -0.05) is 15.9 Å². The van der Waals surface area contributed by atoms with Crippen LogP contribution in [0.15, 0.2) is 22.7 Å². The number of nitrogen functional groups attached to an aromatic ring is 1. The number of carbonyl (C=O) groups is 1. The molecule has 2 N–H and O–H groups in total. The molecule has 0 radical (unpaired) electrons. The number of halogens is 1. The molecule has 0 heterocycles. The van der Waals surface area contributed by atoms with Crippen molar-refractivity contribution in [3.05, 3.63) is 28.2 Å². The second-order valence-corrected chi connectivity index (χ2v) is 3.75.